The van der Waals surface area contributed by atoms with E-state index in [1.807, 2.05) is 13.8 Å². The van der Waals surface area contributed by atoms with Gasteiger partial charge in [0.25, 0.3) is 0 Å². The summed E-state index contributed by atoms with van der Waals surface area (Å²) in [5.41, 5.74) is -2.50. The van der Waals surface area contributed by atoms with Crippen molar-refractivity contribution >= 4 is 11.6 Å². The lowest BCUT2D eigenvalue weighted by Gasteiger charge is -2.60. The van der Waals surface area contributed by atoms with E-state index in [2.05, 4.69) is 0 Å². The summed E-state index contributed by atoms with van der Waals surface area (Å²) in [6.45, 7) is 6.65. The van der Waals surface area contributed by atoms with Gasteiger partial charge in [0.1, 0.15) is 12.8 Å². The van der Waals surface area contributed by atoms with E-state index in [4.69, 9.17) is 9.47 Å². The van der Waals surface area contributed by atoms with Crippen LogP contribution >= 0.6 is 0 Å². The van der Waals surface area contributed by atoms with Crippen molar-refractivity contribution in [2.75, 3.05) is 6.61 Å². The van der Waals surface area contributed by atoms with E-state index >= 15 is 4.39 Å². The fourth-order valence-corrected chi connectivity index (χ4v) is 8.05. The summed E-state index contributed by atoms with van der Waals surface area (Å²) in [4.78, 5) is 25.1. The zero-order valence-corrected chi connectivity index (χ0v) is 18.4. The Morgan fingerprint density at radius 2 is 1.97 bits per heavy atom. The SMILES string of the molecule is CC1(C)O[C@@H]2CC3[C@@H]4C[C@H](F)C5=CC(=O)C=CC5(C)[C@H]4[C@@H](O)C[C@]3(C)[C@]2(C(=O)CO)O1. The molecule has 0 amide bonds. The minimum atomic E-state index is -1.37. The molecule has 0 aromatic rings. The van der Waals surface area contributed by atoms with Crippen LogP contribution in [0.3, 0.4) is 0 Å². The average molecular weight is 435 g/mol. The van der Waals surface area contributed by atoms with E-state index in [0.717, 1.165) is 0 Å². The average Bonchev–Trinajstić information content (AvgIpc) is 3.08. The van der Waals surface area contributed by atoms with Gasteiger partial charge in [-0.15, -0.1) is 0 Å². The van der Waals surface area contributed by atoms with Crippen LogP contribution in [0.1, 0.15) is 47.0 Å². The molecule has 5 aliphatic rings. The molecular formula is C24H31FO6. The Bertz CT molecular complexity index is 910. The molecule has 2 N–H and O–H groups in total. The number of rotatable bonds is 2. The van der Waals surface area contributed by atoms with Gasteiger partial charge in [0, 0.05) is 16.7 Å². The Kier molecular flexibility index (Phi) is 4.38. The molecule has 170 valence electrons. The summed E-state index contributed by atoms with van der Waals surface area (Å²) in [5, 5.41) is 21.3. The van der Waals surface area contributed by atoms with Gasteiger partial charge < -0.3 is 19.7 Å². The summed E-state index contributed by atoms with van der Waals surface area (Å²) in [6.07, 6.45) is 2.90. The molecule has 1 saturated heterocycles. The smallest absolute Gasteiger partial charge is 0.193 e. The molecule has 1 aliphatic heterocycles. The quantitative estimate of drug-likeness (QED) is 0.693. The van der Waals surface area contributed by atoms with Crippen molar-refractivity contribution in [1.29, 1.82) is 0 Å². The fourth-order valence-electron chi connectivity index (χ4n) is 8.05. The fraction of sp³-hybridized carbons (Fsp3) is 0.750. The van der Waals surface area contributed by atoms with E-state index in [1.165, 1.54) is 12.2 Å². The Morgan fingerprint density at radius 3 is 2.65 bits per heavy atom. The van der Waals surface area contributed by atoms with Crippen LogP contribution in [0.4, 0.5) is 4.39 Å². The summed E-state index contributed by atoms with van der Waals surface area (Å²) < 4.78 is 27.9. The number of carbonyl (C=O) groups is 2. The van der Waals surface area contributed by atoms with Crippen LogP contribution in [0.25, 0.3) is 0 Å². The number of halogens is 1. The Balaban J connectivity index is 1.62. The highest BCUT2D eigenvalue weighted by Gasteiger charge is 2.77. The van der Waals surface area contributed by atoms with Gasteiger partial charge in [-0.2, -0.15) is 0 Å². The lowest BCUT2D eigenvalue weighted by atomic mass is 9.46. The zero-order valence-electron chi connectivity index (χ0n) is 18.4. The molecule has 0 aromatic carbocycles. The van der Waals surface area contributed by atoms with Crippen molar-refractivity contribution in [3.05, 3.63) is 23.8 Å². The predicted molar refractivity (Wildman–Crippen MR) is 109 cm³/mol. The summed E-state index contributed by atoms with van der Waals surface area (Å²) in [7, 11) is 0. The molecule has 9 atom stereocenters. The predicted octanol–water partition coefficient (Wildman–Crippen LogP) is 2.27. The standard InChI is InChI=1S/C24H31FO6/c1-21(2)30-19-9-14-13-8-16(25)15-7-12(27)5-6-22(15,3)20(13)17(28)10-23(14,4)24(19,31-21)18(29)11-26/h5-7,13-14,16-17,19-20,26,28H,8-11H2,1-4H3/t13-,14?,16-,17-,19+,20+,22?,23-,24+/m0/s1. The van der Waals surface area contributed by atoms with Crippen molar-refractivity contribution in [3.8, 4) is 0 Å². The highest BCUT2D eigenvalue weighted by Crippen LogP contribution is 2.70. The van der Waals surface area contributed by atoms with Crippen molar-refractivity contribution in [1.82, 2.24) is 0 Å². The topological polar surface area (TPSA) is 93.1 Å². The second-order valence-electron chi connectivity index (χ2n) is 11.0. The number of carbonyl (C=O) groups excluding carboxylic acids is 2. The van der Waals surface area contributed by atoms with Crippen molar-refractivity contribution < 1.29 is 33.7 Å². The van der Waals surface area contributed by atoms with Gasteiger partial charge in [-0.25, -0.2) is 4.39 Å². The molecule has 6 nitrogen and oxygen atoms in total. The van der Waals surface area contributed by atoms with Gasteiger partial charge >= 0.3 is 0 Å². The Hall–Kier alpha value is -1.41. The number of ether oxygens (including phenoxy) is 2. The molecule has 0 spiro atoms. The van der Waals surface area contributed by atoms with Crippen LogP contribution in [-0.2, 0) is 19.1 Å². The van der Waals surface area contributed by atoms with Crippen molar-refractivity contribution in [2.24, 2.45) is 28.6 Å². The first kappa shape index (κ1) is 21.4. The molecular weight excluding hydrogens is 403 g/mol. The van der Waals surface area contributed by atoms with E-state index < -0.39 is 53.0 Å². The largest absolute Gasteiger partial charge is 0.393 e. The third kappa shape index (κ3) is 2.52. The summed E-state index contributed by atoms with van der Waals surface area (Å²) in [5.74, 6) is -2.28. The van der Waals surface area contributed by atoms with E-state index in [-0.39, 0.29) is 36.4 Å². The number of alkyl halides is 1. The molecule has 5 rings (SSSR count). The van der Waals surface area contributed by atoms with Gasteiger partial charge in [0.05, 0.1) is 12.2 Å². The van der Waals surface area contributed by atoms with Gasteiger partial charge in [-0.3, -0.25) is 9.59 Å². The maximum atomic E-state index is 15.4. The van der Waals surface area contributed by atoms with Gasteiger partial charge in [-0.05, 0) is 62.7 Å². The molecule has 7 heteroatoms. The van der Waals surface area contributed by atoms with Crippen LogP contribution in [-0.4, -0.2) is 58.2 Å². The molecule has 0 bridgehead atoms. The minimum Gasteiger partial charge on any atom is -0.393 e. The molecule has 4 fully saturated rings. The van der Waals surface area contributed by atoms with Gasteiger partial charge in [-0.1, -0.05) is 19.9 Å². The number of hydrogen-bond acceptors (Lipinski definition) is 6. The van der Waals surface area contributed by atoms with Crippen LogP contribution < -0.4 is 0 Å². The van der Waals surface area contributed by atoms with E-state index in [1.54, 1.807) is 19.9 Å². The van der Waals surface area contributed by atoms with Gasteiger partial charge in [0.2, 0.25) is 0 Å². The monoisotopic (exact) mass is 434 g/mol. The van der Waals surface area contributed by atoms with Crippen molar-refractivity contribution in [2.45, 2.75) is 76.7 Å². The molecule has 4 aliphatic carbocycles. The normalized spacial score (nSPS) is 52.1. The maximum absolute atomic E-state index is 15.4. The van der Waals surface area contributed by atoms with Gasteiger partial charge in [0.15, 0.2) is 23.0 Å². The zero-order chi connectivity index (χ0) is 22.6. The van der Waals surface area contributed by atoms with Crippen LogP contribution in [0, 0.1) is 28.6 Å². The third-order valence-corrected chi connectivity index (χ3v) is 9.03. The molecule has 3 saturated carbocycles. The third-order valence-electron chi connectivity index (χ3n) is 9.03. The molecule has 2 unspecified atom stereocenters. The lowest BCUT2D eigenvalue weighted by molar-refractivity contribution is -0.226. The summed E-state index contributed by atoms with van der Waals surface area (Å²) in [6, 6.07) is 0. The van der Waals surface area contributed by atoms with Crippen LogP contribution in [0.15, 0.2) is 23.8 Å². The van der Waals surface area contributed by atoms with E-state index in [9.17, 15) is 19.8 Å². The highest BCUT2D eigenvalue weighted by molar-refractivity contribution is 6.01. The number of allylic oxidation sites excluding steroid dienone is 4. The minimum absolute atomic E-state index is 0.125. The number of hydrogen-bond donors (Lipinski definition) is 2. The van der Waals surface area contributed by atoms with Crippen LogP contribution in [0.5, 0.6) is 0 Å². The molecule has 0 radical (unpaired) electrons. The molecule has 31 heavy (non-hydrogen) atoms. The van der Waals surface area contributed by atoms with Crippen LogP contribution in [0.2, 0.25) is 0 Å². The second-order valence-corrected chi connectivity index (χ2v) is 11.0. The van der Waals surface area contributed by atoms with E-state index in [0.29, 0.717) is 12.0 Å². The first-order valence-electron chi connectivity index (χ1n) is 11.2. The number of Topliss-reactive ketones (excluding diaryl/α,β-unsaturated/α-hetero) is 1. The molecule has 1 heterocycles. The Labute approximate surface area is 181 Å². The number of aliphatic hydroxyl groups excluding tert-OH is 2. The highest BCUT2D eigenvalue weighted by atomic mass is 19.1. The summed E-state index contributed by atoms with van der Waals surface area (Å²) >= 11 is 0. The number of aliphatic hydroxyl groups is 2. The maximum Gasteiger partial charge on any atom is 0.193 e. The first-order valence-corrected chi connectivity index (χ1v) is 11.2. The number of fused-ring (bicyclic) bond motifs is 7. The van der Waals surface area contributed by atoms with Crippen molar-refractivity contribution in [3.63, 3.8) is 0 Å². The molecule has 0 aromatic heterocycles. The number of ketones is 2. The first-order chi connectivity index (χ1) is 14.4. The second kappa shape index (κ2) is 6.34. The Morgan fingerprint density at radius 1 is 1.26 bits per heavy atom. The lowest BCUT2D eigenvalue weighted by Crippen LogP contribution is -2.64.